The topological polar surface area (TPSA) is 114 Å². The average Bonchev–Trinajstić information content (AvgIpc) is 2.60. The molecule has 0 spiro atoms. The van der Waals surface area contributed by atoms with Gasteiger partial charge in [0.25, 0.3) is 0 Å². The van der Waals surface area contributed by atoms with Crippen LogP contribution in [0.2, 0.25) is 0 Å². The third kappa shape index (κ3) is 6.97. The minimum Gasteiger partial charge on any atom is -0.311 e. The van der Waals surface area contributed by atoms with Gasteiger partial charge in [0.1, 0.15) is 12.0 Å². The van der Waals surface area contributed by atoms with Gasteiger partial charge in [0.15, 0.2) is 0 Å². The molecule has 0 aliphatic rings. The molecule has 0 fully saturated rings. The van der Waals surface area contributed by atoms with E-state index >= 15 is 0 Å². The number of nitrogens with zero attached hydrogens (tertiary/aromatic N) is 2. The number of aryl methyl sites for hydroxylation is 2. The molecule has 0 saturated heterocycles. The van der Waals surface area contributed by atoms with Gasteiger partial charge in [-0.15, -0.1) is 24.8 Å². The van der Waals surface area contributed by atoms with Gasteiger partial charge in [-0.05, 0) is 35.6 Å². The number of nitrogens with two attached hydrogens (primary N) is 2. The summed E-state index contributed by atoms with van der Waals surface area (Å²) in [5, 5.41) is 3.56. The molecule has 5 N–H and O–H groups in total. The number of carbonyl (C=O) groups excluding carboxylic acids is 2. The summed E-state index contributed by atoms with van der Waals surface area (Å²) in [4.78, 5) is 25.8. The fourth-order valence-corrected chi connectivity index (χ4v) is 2.23. The predicted molar refractivity (Wildman–Crippen MR) is 106 cm³/mol. The molecule has 2 aromatic rings. The molecule has 0 radical (unpaired) electrons. The first-order valence-corrected chi connectivity index (χ1v) is 7.55. The summed E-state index contributed by atoms with van der Waals surface area (Å²) in [6.45, 7) is 1.45. The molecule has 0 aliphatic heterocycles. The third-order valence-electron chi connectivity index (χ3n) is 3.60. The van der Waals surface area contributed by atoms with Gasteiger partial charge in [-0.2, -0.15) is 0 Å². The van der Waals surface area contributed by atoms with Crippen LogP contribution < -0.4 is 16.9 Å². The van der Waals surface area contributed by atoms with Gasteiger partial charge in [0, 0.05) is 13.1 Å². The van der Waals surface area contributed by atoms with Crippen molar-refractivity contribution in [2.45, 2.75) is 25.9 Å². The van der Waals surface area contributed by atoms with Crippen LogP contribution in [-0.2, 0) is 22.4 Å². The number of aromatic nitrogens is 1. The Labute approximate surface area is 164 Å². The molecule has 26 heavy (non-hydrogen) atoms. The van der Waals surface area contributed by atoms with Crippen LogP contribution in [0.3, 0.4) is 0 Å². The Hall–Kier alpha value is -2.19. The maximum Gasteiger partial charge on any atom is 0.225 e. The van der Waals surface area contributed by atoms with Crippen LogP contribution in [0.15, 0.2) is 42.6 Å². The van der Waals surface area contributed by atoms with Gasteiger partial charge in [-0.3, -0.25) is 14.6 Å². The van der Waals surface area contributed by atoms with Crippen molar-refractivity contribution in [1.82, 2.24) is 9.99 Å². The number of amides is 2. The first-order valence-electron chi connectivity index (χ1n) is 7.55. The van der Waals surface area contributed by atoms with E-state index in [1.54, 1.807) is 12.3 Å². The number of halogens is 2. The number of anilines is 1. The second-order valence-electron chi connectivity index (χ2n) is 5.47. The van der Waals surface area contributed by atoms with E-state index in [0.29, 0.717) is 12.2 Å². The van der Waals surface area contributed by atoms with Crippen molar-refractivity contribution >= 4 is 42.9 Å². The molecule has 0 bridgehead atoms. The Morgan fingerprint density at radius 1 is 1.15 bits per heavy atom. The number of hydrogen-bond acceptors (Lipinski definition) is 5. The molecule has 0 saturated carbocycles. The van der Waals surface area contributed by atoms with E-state index in [4.69, 9.17) is 11.6 Å². The second kappa shape index (κ2) is 11.4. The highest BCUT2D eigenvalue weighted by atomic mass is 35.5. The first kappa shape index (κ1) is 23.8. The zero-order chi connectivity index (χ0) is 17.5. The van der Waals surface area contributed by atoms with E-state index in [-0.39, 0.29) is 30.7 Å². The number of rotatable bonds is 7. The Bertz CT molecular complexity index is 695. The zero-order valence-corrected chi connectivity index (χ0v) is 15.9. The van der Waals surface area contributed by atoms with Crippen molar-refractivity contribution in [2.24, 2.45) is 11.6 Å². The molecule has 1 aromatic carbocycles. The lowest BCUT2D eigenvalue weighted by atomic mass is 10.0. The molecule has 1 unspecified atom stereocenters. The third-order valence-corrected chi connectivity index (χ3v) is 3.60. The Balaban J connectivity index is 0.00000312. The summed E-state index contributed by atoms with van der Waals surface area (Å²) in [5.41, 5.74) is 8.84. The molecule has 9 heteroatoms. The van der Waals surface area contributed by atoms with Crippen LogP contribution in [0.25, 0.3) is 0 Å². The van der Waals surface area contributed by atoms with Crippen molar-refractivity contribution in [3.8, 4) is 0 Å². The Morgan fingerprint density at radius 3 is 2.23 bits per heavy atom. The molecule has 1 aromatic heterocycles. The van der Waals surface area contributed by atoms with Crippen LogP contribution in [0.4, 0.5) is 5.82 Å². The standard InChI is InChI=1S/C17H21N5O2.2ClH/c1-12(24)21-16-9-6-14(10-20-16)3-2-13-4-7-15(8-5-13)17(18)22(19)11-23;;/h4-11,17H,2-3,18-19H2,1H3,(H,20,21,24);2*1H. The first-order chi connectivity index (χ1) is 11.5. The molecule has 142 valence electrons. The zero-order valence-electron chi connectivity index (χ0n) is 14.3. The Kier molecular flexibility index (Phi) is 10.5. The number of benzene rings is 1. The lowest BCUT2D eigenvalue weighted by molar-refractivity contribution is -0.120. The Morgan fingerprint density at radius 2 is 1.73 bits per heavy atom. The highest BCUT2D eigenvalue weighted by Crippen LogP contribution is 2.14. The van der Waals surface area contributed by atoms with E-state index in [9.17, 15) is 9.59 Å². The van der Waals surface area contributed by atoms with Crippen molar-refractivity contribution in [3.63, 3.8) is 0 Å². The normalized spacial score (nSPS) is 10.7. The second-order valence-corrected chi connectivity index (χ2v) is 5.47. The molecule has 1 atom stereocenters. The van der Waals surface area contributed by atoms with Crippen molar-refractivity contribution in [3.05, 3.63) is 59.3 Å². The summed E-state index contributed by atoms with van der Waals surface area (Å²) >= 11 is 0. The molecule has 2 rings (SSSR count). The van der Waals surface area contributed by atoms with Crippen molar-refractivity contribution in [2.75, 3.05) is 5.32 Å². The summed E-state index contributed by atoms with van der Waals surface area (Å²) in [5.74, 6) is 5.88. The number of nitrogens with one attached hydrogen (secondary N) is 1. The largest absolute Gasteiger partial charge is 0.311 e. The van der Waals surface area contributed by atoms with E-state index in [1.165, 1.54) is 6.92 Å². The lowest BCUT2D eigenvalue weighted by Crippen LogP contribution is -2.38. The number of hydrogen-bond donors (Lipinski definition) is 3. The minimum absolute atomic E-state index is 0. The molecular formula is C17H23Cl2N5O2. The van der Waals surface area contributed by atoms with E-state index in [0.717, 1.165) is 34.5 Å². The highest BCUT2D eigenvalue weighted by molar-refractivity contribution is 5.87. The van der Waals surface area contributed by atoms with Crippen molar-refractivity contribution in [1.29, 1.82) is 0 Å². The minimum atomic E-state index is -0.651. The van der Waals surface area contributed by atoms with Gasteiger partial charge < -0.3 is 11.1 Å². The van der Waals surface area contributed by atoms with Gasteiger partial charge in [-0.25, -0.2) is 10.8 Å². The highest BCUT2D eigenvalue weighted by Gasteiger charge is 2.10. The summed E-state index contributed by atoms with van der Waals surface area (Å²) < 4.78 is 0. The van der Waals surface area contributed by atoms with Crippen LogP contribution in [0.1, 0.15) is 29.8 Å². The number of pyridine rings is 1. The molecule has 0 aliphatic carbocycles. The molecule has 7 nitrogen and oxygen atoms in total. The summed E-state index contributed by atoms with van der Waals surface area (Å²) in [7, 11) is 0. The summed E-state index contributed by atoms with van der Waals surface area (Å²) in [6, 6.07) is 11.4. The lowest BCUT2D eigenvalue weighted by Gasteiger charge is -2.19. The van der Waals surface area contributed by atoms with Gasteiger partial charge in [0.2, 0.25) is 12.3 Å². The summed E-state index contributed by atoms with van der Waals surface area (Å²) in [6.07, 6.45) is 3.27. The van der Waals surface area contributed by atoms with Crippen LogP contribution in [0, 0.1) is 0 Å². The number of carbonyl (C=O) groups is 2. The fraction of sp³-hybridized carbons (Fsp3) is 0.235. The molecular weight excluding hydrogens is 377 g/mol. The monoisotopic (exact) mass is 399 g/mol. The quantitative estimate of drug-likeness (QED) is 0.216. The van der Waals surface area contributed by atoms with Crippen LogP contribution in [-0.4, -0.2) is 22.3 Å². The van der Waals surface area contributed by atoms with Gasteiger partial charge in [0.05, 0.1) is 0 Å². The van der Waals surface area contributed by atoms with Crippen LogP contribution >= 0.6 is 24.8 Å². The predicted octanol–water partition coefficient (Wildman–Crippen LogP) is 1.96. The molecule has 1 heterocycles. The van der Waals surface area contributed by atoms with E-state index in [2.05, 4.69) is 10.3 Å². The van der Waals surface area contributed by atoms with Gasteiger partial charge in [-0.1, -0.05) is 30.3 Å². The van der Waals surface area contributed by atoms with E-state index < -0.39 is 6.17 Å². The SMILES string of the molecule is CC(=O)Nc1ccc(CCc2ccc(C(N)N(N)C=O)cc2)cn1.Cl.Cl. The van der Waals surface area contributed by atoms with Crippen molar-refractivity contribution < 1.29 is 9.59 Å². The fourth-order valence-electron chi connectivity index (χ4n) is 2.23. The number of hydrazine groups is 1. The van der Waals surface area contributed by atoms with Crippen LogP contribution in [0.5, 0.6) is 0 Å². The van der Waals surface area contributed by atoms with E-state index in [1.807, 2.05) is 30.3 Å². The maximum atomic E-state index is 11.0. The smallest absolute Gasteiger partial charge is 0.225 e. The maximum absolute atomic E-state index is 11.0. The molecule has 2 amide bonds. The van der Waals surface area contributed by atoms with Gasteiger partial charge >= 0.3 is 0 Å². The average molecular weight is 400 g/mol.